The van der Waals surface area contributed by atoms with Crippen LogP contribution < -0.4 is 0 Å². The van der Waals surface area contributed by atoms with Crippen LogP contribution in [0.4, 0.5) is 4.39 Å². The molecule has 0 rings (SSSR count). The molecule has 0 saturated heterocycles. The Morgan fingerprint density at radius 1 is 1.18 bits per heavy atom. The van der Waals surface area contributed by atoms with E-state index in [1.807, 2.05) is 20.8 Å². The zero-order valence-corrected chi connectivity index (χ0v) is 8.11. The van der Waals surface area contributed by atoms with Crippen molar-refractivity contribution in [3.8, 4) is 0 Å². The van der Waals surface area contributed by atoms with E-state index in [9.17, 15) is 9.50 Å². The fraction of sp³-hybridized carbons (Fsp3) is 1.00. The highest BCUT2D eigenvalue weighted by Gasteiger charge is 2.30. The summed E-state index contributed by atoms with van der Waals surface area (Å²) >= 11 is 0. The van der Waals surface area contributed by atoms with E-state index in [4.69, 9.17) is 0 Å². The van der Waals surface area contributed by atoms with Gasteiger partial charge in [0.05, 0.1) is 5.60 Å². The second kappa shape index (κ2) is 3.10. The van der Waals surface area contributed by atoms with Crippen LogP contribution in [0.1, 0.15) is 41.0 Å². The van der Waals surface area contributed by atoms with Crippen molar-refractivity contribution in [2.75, 3.05) is 0 Å². The van der Waals surface area contributed by atoms with Gasteiger partial charge in [0.2, 0.25) is 0 Å². The number of hydrogen-bond donors (Lipinski definition) is 1. The molecule has 0 aliphatic rings. The Hall–Kier alpha value is -0.110. The Morgan fingerprint density at radius 3 is 1.64 bits per heavy atom. The summed E-state index contributed by atoms with van der Waals surface area (Å²) in [7, 11) is 0. The lowest BCUT2D eigenvalue weighted by Crippen LogP contribution is -2.35. The lowest BCUT2D eigenvalue weighted by atomic mass is 9.85. The maximum atomic E-state index is 13.2. The van der Waals surface area contributed by atoms with E-state index < -0.39 is 11.8 Å². The molecule has 0 aliphatic heterocycles. The zero-order chi connectivity index (χ0) is 9.28. The van der Waals surface area contributed by atoms with E-state index >= 15 is 0 Å². The van der Waals surface area contributed by atoms with Crippen LogP contribution in [-0.4, -0.2) is 16.9 Å². The molecule has 11 heavy (non-hydrogen) atoms. The molecule has 0 aliphatic carbocycles. The molecular weight excluding hydrogens is 143 g/mol. The van der Waals surface area contributed by atoms with Crippen molar-refractivity contribution in [1.82, 2.24) is 0 Å². The summed E-state index contributed by atoms with van der Waals surface area (Å²) in [5.74, 6) is 0. The molecule has 2 heteroatoms. The summed E-state index contributed by atoms with van der Waals surface area (Å²) in [6.45, 7) is 8.90. The van der Waals surface area contributed by atoms with Crippen molar-refractivity contribution >= 4 is 0 Å². The minimum absolute atomic E-state index is 0.0561. The predicted octanol–water partition coefficient (Wildman–Crippen LogP) is 2.53. The van der Waals surface area contributed by atoms with Crippen LogP contribution >= 0.6 is 0 Å². The summed E-state index contributed by atoms with van der Waals surface area (Å²) in [4.78, 5) is 0. The van der Waals surface area contributed by atoms with Gasteiger partial charge in [0.25, 0.3) is 0 Å². The summed E-state index contributed by atoms with van der Waals surface area (Å²) in [6, 6.07) is 0. The molecule has 0 bridgehead atoms. The molecule has 0 heterocycles. The molecule has 1 nitrogen and oxygen atoms in total. The molecule has 68 valence electrons. The minimum Gasteiger partial charge on any atom is -0.387 e. The maximum Gasteiger partial charge on any atom is 0.129 e. The average molecular weight is 162 g/mol. The van der Waals surface area contributed by atoms with Crippen molar-refractivity contribution in [3.63, 3.8) is 0 Å². The normalized spacial score (nSPS) is 16.6. The SMILES string of the molecule is CC(C)(C)CC(F)C(C)(C)O. The fourth-order valence-electron chi connectivity index (χ4n) is 0.787. The average Bonchev–Trinajstić information content (AvgIpc) is 1.56. The Morgan fingerprint density at radius 2 is 1.55 bits per heavy atom. The van der Waals surface area contributed by atoms with Crippen molar-refractivity contribution in [1.29, 1.82) is 0 Å². The third kappa shape index (κ3) is 5.19. The molecule has 1 N–H and O–H groups in total. The van der Waals surface area contributed by atoms with Gasteiger partial charge in [0.1, 0.15) is 6.17 Å². The highest BCUT2D eigenvalue weighted by Crippen LogP contribution is 2.27. The smallest absolute Gasteiger partial charge is 0.129 e. The van der Waals surface area contributed by atoms with Crippen LogP contribution in [0, 0.1) is 5.41 Å². The van der Waals surface area contributed by atoms with Crippen molar-refractivity contribution in [3.05, 3.63) is 0 Å². The topological polar surface area (TPSA) is 20.2 Å². The van der Waals surface area contributed by atoms with Crippen LogP contribution in [0.2, 0.25) is 0 Å². The summed E-state index contributed by atoms with van der Waals surface area (Å²) < 4.78 is 13.2. The van der Waals surface area contributed by atoms with Gasteiger partial charge in [-0.2, -0.15) is 0 Å². The molecular formula is C9H19FO. The first kappa shape index (κ1) is 10.9. The highest BCUT2D eigenvalue weighted by molar-refractivity contribution is 4.80. The maximum absolute atomic E-state index is 13.2. The second-order valence-corrected chi connectivity index (χ2v) is 4.89. The first-order valence-electron chi connectivity index (χ1n) is 3.99. The van der Waals surface area contributed by atoms with Gasteiger partial charge in [-0.25, -0.2) is 4.39 Å². The molecule has 1 atom stereocenters. The lowest BCUT2D eigenvalue weighted by molar-refractivity contribution is -0.0199. The van der Waals surface area contributed by atoms with Gasteiger partial charge in [-0.05, 0) is 25.7 Å². The number of alkyl halides is 1. The summed E-state index contributed by atoms with van der Waals surface area (Å²) in [5.41, 5.74) is -1.26. The molecule has 0 aromatic heterocycles. The summed E-state index contributed by atoms with van der Waals surface area (Å²) in [5, 5.41) is 9.27. The largest absolute Gasteiger partial charge is 0.387 e. The van der Waals surface area contributed by atoms with E-state index in [2.05, 4.69) is 0 Å². The second-order valence-electron chi connectivity index (χ2n) is 4.89. The fourth-order valence-corrected chi connectivity index (χ4v) is 0.787. The quantitative estimate of drug-likeness (QED) is 0.661. The van der Waals surface area contributed by atoms with Crippen molar-refractivity contribution in [2.24, 2.45) is 5.41 Å². The molecule has 0 aromatic rings. The summed E-state index contributed by atoms with van der Waals surface area (Å²) in [6.07, 6.45) is -0.737. The van der Waals surface area contributed by atoms with E-state index in [1.54, 1.807) is 0 Å². The monoisotopic (exact) mass is 162 g/mol. The van der Waals surface area contributed by atoms with Crippen LogP contribution in [0.3, 0.4) is 0 Å². The van der Waals surface area contributed by atoms with Gasteiger partial charge in [-0.1, -0.05) is 20.8 Å². The third-order valence-corrected chi connectivity index (χ3v) is 1.56. The zero-order valence-electron chi connectivity index (χ0n) is 8.11. The van der Waals surface area contributed by atoms with E-state index in [-0.39, 0.29) is 5.41 Å². The Labute approximate surface area is 68.6 Å². The standard InChI is InChI=1S/C9H19FO/c1-8(2,3)6-7(10)9(4,5)11/h7,11H,6H2,1-5H3. The number of aliphatic hydroxyl groups is 1. The molecule has 0 spiro atoms. The van der Waals surface area contributed by atoms with E-state index in [0.29, 0.717) is 6.42 Å². The minimum atomic E-state index is -1.20. The molecule has 1 unspecified atom stereocenters. The van der Waals surface area contributed by atoms with E-state index in [0.717, 1.165) is 0 Å². The van der Waals surface area contributed by atoms with Crippen LogP contribution in [0.5, 0.6) is 0 Å². The molecule has 0 amide bonds. The molecule has 0 radical (unpaired) electrons. The van der Waals surface area contributed by atoms with E-state index in [1.165, 1.54) is 13.8 Å². The van der Waals surface area contributed by atoms with Gasteiger partial charge in [-0.3, -0.25) is 0 Å². The molecule has 0 saturated carbocycles. The van der Waals surface area contributed by atoms with Crippen LogP contribution in [0.25, 0.3) is 0 Å². The van der Waals surface area contributed by atoms with Gasteiger partial charge < -0.3 is 5.11 Å². The van der Waals surface area contributed by atoms with Crippen molar-refractivity contribution < 1.29 is 9.50 Å². The Kier molecular flexibility index (Phi) is 3.06. The van der Waals surface area contributed by atoms with Crippen molar-refractivity contribution in [2.45, 2.75) is 52.8 Å². The van der Waals surface area contributed by atoms with Gasteiger partial charge >= 0.3 is 0 Å². The Balaban J connectivity index is 3.99. The number of hydrogen-bond acceptors (Lipinski definition) is 1. The van der Waals surface area contributed by atoms with Gasteiger partial charge in [0, 0.05) is 0 Å². The van der Waals surface area contributed by atoms with Gasteiger partial charge in [0.15, 0.2) is 0 Å². The first-order chi connectivity index (χ1) is 4.63. The first-order valence-corrected chi connectivity index (χ1v) is 3.99. The number of halogens is 1. The lowest BCUT2D eigenvalue weighted by Gasteiger charge is -2.28. The Bertz CT molecular complexity index is 119. The molecule has 0 aromatic carbocycles. The number of rotatable bonds is 2. The highest BCUT2D eigenvalue weighted by atomic mass is 19.1. The van der Waals surface area contributed by atoms with Crippen LogP contribution in [0.15, 0.2) is 0 Å². The predicted molar refractivity (Wildman–Crippen MR) is 45.3 cm³/mol. The molecule has 0 fully saturated rings. The van der Waals surface area contributed by atoms with Gasteiger partial charge in [-0.15, -0.1) is 0 Å². The third-order valence-electron chi connectivity index (χ3n) is 1.56. The van der Waals surface area contributed by atoms with Crippen LogP contribution in [-0.2, 0) is 0 Å².